The van der Waals surface area contributed by atoms with Gasteiger partial charge in [-0.1, -0.05) is 6.07 Å². The molecule has 31 heavy (non-hydrogen) atoms. The summed E-state index contributed by atoms with van der Waals surface area (Å²) < 4.78 is 25.4. The number of ether oxygens (including phenoxy) is 2. The number of nitrogens with zero attached hydrogens (tertiary/aromatic N) is 3. The molecule has 0 amide bonds. The van der Waals surface area contributed by atoms with Gasteiger partial charge in [0.1, 0.15) is 5.82 Å². The van der Waals surface area contributed by atoms with Gasteiger partial charge >= 0.3 is 0 Å². The Hall–Kier alpha value is -1.90. The molecule has 2 aliphatic heterocycles. The van der Waals surface area contributed by atoms with Crippen LogP contribution in [0.25, 0.3) is 0 Å². The molecule has 0 radical (unpaired) electrons. The number of halogens is 1. The van der Waals surface area contributed by atoms with E-state index >= 15 is 0 Å². The number of hydrogen-bond donors (Lipinski definition) is 2. The maximum atomic E-state index is 14.7. The average molecular weight is 437 g/mol. The topological polar surface area (TPSA) is 69.6 Å². The molecule has 2 fully saturated rings. The molecule has 1 unspecified atom stereocenters. The Balaban J connectivity index is 1.56. The van der Waals surface area contributed by atoms with Crippen LogP contribution in [0.3, 0.4) is 0 Å². The van der Waals surface area contributed by atoms with E-state index in [4.69, 9.17) is 14.5 Å². The maximum Gasteiger partial charge on any atom is 0.194 e. The number of benzene rings is 1. The van der Waals surface area contributed by atoms with E-state index in [9.17, 15) is 9.50 Å². The van der Waals surface area contributed by atoms with Crippen molar-refractivity contribution in [3.63, 3.8) is 0 Å². The Kier molecular flexibility index (Phi) is 9.36. The van der Waals surface area contributed by atoms with E-state index in [1.165, 1.54) is 0 Å². The van der Waals surface area contributed by atoms with Gasteiger partial charge in [0.15, 0.2) is 5.96 Å². The monoisotopic (exact) mass is 436 g/mol. The molecule has 8 heteroatoms. The normalized spacial score (nSPS) is 20.5. The van der Waals surface area contributed by atoms with Gasteiger partial charge in [0, 0.05) is 45.8 Å². The number of anilines is 1. The average Bonchev–Trinajstić information content (AvgIpc) is 3.24. The van der Waals surface area contributed by atoms with Crippen molar-refractivity contribution in [1.29, 1.82) is 0 Å². The molecule has 1 atom stereocenters. The molecular formula is C23H37FN4O3. The Bertz CT molecular complexity index is 710. The summed E-state index contributed by atoms with van der Waals surface area (Å²) in [5.74, 6) is 1.14. The lowest BCUT2D eigenvalue weighted by Crippen LogP contribution is -2.40. The molecule has 2 saturated heterocycles. The van der Waals surface area contributed by atoms with E-state index in [0.29, 0.717) is 57.3 Å². The number of hydrogen-bond acceptors (Lipinski definition) is 5. The lowest BCUT2D eigenvalue weighted by atomic mass is 10.1. The predicted molar refractivity (Wildman–Crippen MR) is 121 cm³/mol. The van der Waals surface area contributed by atoms with Crippen LogP contribution in [-0.2, 0) is 16.0 Å². The van der Waals surface area contributed by atoms with Gasteiger partial charge in [-0.2, -0.15) is 0 Å². The summed E-state index contributed by atoms with van der Waals surface area (Å²) in [7, 11) is 1.68. The lowest BCUT2D eigenvalue weighted by molar-refractivity contribution is 0.0536. The minimum absolute atomic E-state index is 0.219. The lowest BCUT2D eigenvalue weighted by Gasteiger charge is -2.31. The van der Waals surface area contributed by atoms with Crippen LogP contribution in [0.5, 0.6) is 0 Å². The van der Waals surface area contributed by atoms with Crippen molar-refractivity contribution in [2.24, 2.45) is 10.9 Å². The van der Waals surface area contributed by atoms with Gasteiger partial charge in [-0.25, -0.2) is 9.38 Å². The highest BCUT2D eigenvalue weighted by molar-refractivity contribution is 5.80. The number of guanidine groups is 1. The molecular weight excluding hydrogens is 399 g/mol. The van der Waals surface area contributed by atoms with Gasteiger partial charge in [0.05, 0.1) is 38.2 Å². The second-order valence-corrected chi connectivity index (χ2v) is 8.34. The molecule has 0 aromatic heterocycles. The van der Waals surface area contributed by atoms with Gasteiger partial charge in [0.25, 0.3) is 0 Å². The SMILES string of the molecule is CCNC(=NCc1ccc(N2CCC(O)CC2)c(F)c1)N1CCC(COCCOC)C1. The number of aliphatic hydroxyl groups is 1. The number of aliphatic imine (C=N–C) groups is 1. The van der Waals surface area contributed by atoms with Crippen LogP contribution in [0, 0.1) is 11.7 Å². The summed E-state index contributed by atoms with van der Waals surface area (Å²) in [6.45, 7) is 8.49. The third kappa shape index (κ3) is 7.05. The summed E-state index contributed by atoms with van der Waals surface area (Å²) in [5.41, 5.74) is 1.47. The second kappa shape index (κ2) is 12.2. The molecule has 3 rings (SSSR count). The molecule has 0 saturated carbocycles. The Morgan fingerprint density at radius 3 is 2.74 bits per heavy atom. The number of piperidine rings is 1. The highest BCUT2D eigenvalue weighted by Crippen LogP contribution is 2.25. The highest BCUT2D eigenvalue weighted by atomic mass is 19.1. The first-order chi connectivity index (χ1) is 15.1. The molecule has 2 aliphatic rings. The molecule has 2 heterocycles. The number of methoxy groups -OCH3 is 1. The van der Waals surface area contributed by atoms with Crippen LogP contribution >= 0.6 is 0 Å². The van der Waals surface area contributed by atoms with Gasteiger partial charge in [-0.05, 0) is 43.9 Å². The summed E-state index contributed by atoms with van der Waals surface area (Å²) in [4.78, 5) is 9.03. The van der Waals surface area contributed by atoms with Crippen LogP contribution < -0.4 is 10.2 Å². The molecule has 7 nitrogen and oxygen atoms in total. The van der Waals surface area contributed by atoms with Gasteiger partial charge < -0.3 is 29.7 Å². The van der Waals surface area contributed by atoms with Crippen LogP contribution in [-0.4, -0.2) is 81.7 Å². The van der Waals surface area contributed by atoms with Crippen molar-refractivity contribution in [1.82, 2.24) is 10.2 Å². The molecule has 0 bridgehead atoms. The predicted octanol–water partition coefficient (Wildman–Crippen LogP) is 2.24. The number of rotatable bonds is 9. The Morgan fingerprint density at radius 2 is 2.03 bits per heavy atom. The quantitative estimate of drug-likeness (QED) is 0.352. The van der Waals surface area contributed by atoms with Crippen LogP contribution in [0.2, 0.25) is 0 Å². The largest absolute Gasteiger partial charge is 0.393 e. The third-order valence-electron chi connectivity index (χ3n) is 5.93. The summed E-state index contributed by atoms with van der Waals surface area (Å²) in [6.07, 6.45) is 2.18. The van der Waals surface area contributed by atoms with E-state index in [2.05, 4.69) is 17.1 Å². The number of nitrogens with one attached hydrogen (secondary N) is 1. The van der Waals surface area contributed by atoms with Gasteiger partial charge in [-0.3, -0.25) is 0 Å². The van der Waals surface area contributed by atoms with Crippen LogP contribution in [0.1, 0.15) is 31.7 Å². The summed E-state index contributed by atoms with van der Waals surface area (Å²) in [5, 5.41) is 13.0. The molecule has 174 valence electrons. The van der Waals surface area contributed by atoms with Crippen molar-refractivity contribution >= 4 is 11.6 Å². The molecule has 1 aromatic rings. The number of likely N-dealkylation sites (tertiary alicyclic amines) is 1. The van der Waals surface area contributed by atoms with E-state index < -0.39 is 0 Å². The van der Waals surface area contributed by atoms with Crippen molar-refractivity contribution in [3.05, 3.63) is 29.6 Å². The highest BCUT2D eigenvalue weighted by Gasteiger charge is 2.25. The summed E-state index contributed by atoms with van der Waals surface area (Å²) >= 11 is 0. The minimum atomic E-state index is -0.264. The van der Waals surface area contributed by atoms with Gasteiger partial charge in [0.2, 0.25) is 0 Å². The molecule has 1 aromatic carbocycles. The number of aliphatic hydroxyl groups excluding tert-OH is 1. The fourth-order valence-electron chi connectivity index (χ4n) is 4.16. The standard InChI is InChI=1S/C23H37FN4O3/c1-3-25-23(28-9-6-19(16-28)17-31-13-12-30-2)26-15-18-4-5-22(21(24)14-18)27-10-7-20(29)8-11-27/h4-5,14,19-20,29H,3,6-13,15-17H2,1-2H3,(H,25,26). The van der Waals surface area contributed by atoms with Gasteiger partial charge in [-0.15, -0.1) is 0 Å². The Morgan fingerprint density at radius 1 is 1.23 bits per heavy atom. The van der Waals surface area contributed by atoms with E-state index in [-0.39, 0.29) is 11.9 Å². The zero-order valence-corrected chi connectivity index (χ0v) is 18.9. The second-order valence-electron chi connectivity index (χ2n) is 8.34. The van der Waals surface area contributed by atoms with Crippen LogP contribution in [0.15, 0.2) is 23.2 Å². The first-order valence-corrected chi connectivity index (χ1v) is 11.4. The van der Waals surface area contributed by atoms with Crippen molar-refractivity contribution in [3.8, 4) is 0 Å². The van der Waals surface area contributed by atoms with Crippen molar-refractivity contribution < 1.29 is 19.0 Å². The molecule has 0 aliphatic carbocycles. The molecule has 0 spiro atoms. The first kappa shape index (κ1) is 23.8. The van der Waals surface area contributed by atoms with Crippen LogP contribution in [0.4, 0.5) is 10.1 Å². The van der Waals surface area contributed by atoms with E-state index in [0.717, 1.165) is 44.2 Å². The zero-order valence-electron chi connectivity index (χ0n) is 18.9. The first-order valence-electron chi connectivity index (χ1n) is 11.4. The minimum Gasteiger partial charge on any atom is -0.393 e. The summed E-state index contributed by atoms with van der Waals surface area (Å²) in [6, 6.07) is 5.38. The van der Waals surface area contributed by atoms with Crippen molar-refractivity contribution in [2.45, 2.75) is 38.8 Å². The smallest absolute Gasteiger partial charge is 0.194 e. The third-order valence-corrected chi connectivity index (χ3v) is 5.93. The fourth-order valence-corrected chi connectivity index (χ4v) is 4.16. The fraction of sp³-hybridized carbons (Fsp3) is 0.696. The maximum absolute atomic E-state index is 14.7. The van der Waals surface area contributed by atoms with E-state index in [1.807, 2.05) is 17.0 Å². The molecule has 2 N–H and O–H groups in total. The van der Waals surface area contributed by atoms with Crippen molar-refractivity contribution in [2.75, 3.05) is 64.6 Å². The zero-order chi connectivity index (χ0) is 22.1. The Labute approximate surface area is 185 Å². The van der Waals surface area contributed by atoms with E-state index in [1.54, 1.807) is 13.2 Å².